The van der Waals surface area contributed by atoms with Crippen molar-refractivity contribution >= 4 is 22.5 Å². The summed E-state index contributed by atoms with van der Waals surface area (Å²) >= 11 is 0. The van der Waals surface area contributed by atoms with E-state index in [2.05, 4.69) is 51.8 Å². The van der Waals surface area contributed by atoms with Crippen molar-refractivity contribution in [2.24, 2.45) is 0 Å². The van der Waals surface area contributed by atoms with E-state index in [0.29, 0.717) is 6.54 Å². The Morgan fingerprint density at radius 3 is 2.52 bits per heavy atom. The Hall–Kier alpha value is -2.62. The van der Waals surface area contributed by atoms with Gasteiger partial charge in [-0.25, -0.2) is 4.98 Å². The monoisotopic (exact) mass is 278 g/mol. The topological polar surface area (TPSA) is 49.8 Å². The maximum absolute atomic E-state index is 4.51. The van der Waals surface area contributed by atoms with Crippen LogP contribution >= 0.6 is 0 Å². The molecule has 1 aromatic carbocycles. The van der Waals surface area contributed by atoms with E-state index in [1.54, 1.807) is 0 Å². The van der Waals surface area contributed by atoms with E-state index < -0.39 is 0 Å². The highest BCUT2D eigenvalue weighted by Gasteiger charge is 2.02. The summed E-state index contributed by atoms with van der Waals surface area (Å²) in [4.78, 5) is 8.98. The Bertz CT molecular complexity index is 734. The fourth-order valence-electron chi connectivity index (χ4n) is 2.31. The summed E-state index contributed by atoms with van der Waals surface area (Å²) in [7, 11) is 0. The molecule has 2 aromatic heterocycles. The molecule has 0 aliphatic rings. The van der Waals surface area contributed by atoms with Gasteiger partial charge in [-0.2, -0.15) is 0 Å². The number of anilines is 2. The molecule has 0 unspecified atom stereocenters. The van der Waals surface area contributed by atoms with Crippen LogP contribution < -0.4 is 10.6 Å². The second kappa shape index (κ2) is 6.22. The summed E-state index contributed by atoms with van der Waals surface area (Å²) in [5.41, 5.74) is 2.21. The standard InChI is InChI=1S/C17H18N4/c1-2-18-15-9-4-10-16(21-15)20-12-14-7-3-6-13-8-5-11-19-17(13)14/h3-11H,2,12H2,1H3,(H2,18,20,21). The van der Waals surface area contributed by atoms with Crippen molar-refractivity contribution < 1.29 is 0 Å². The van der Waals surface area contributed by atoms with Gasteiger partial charge in [0.15, 0.2) is 0 Å². The third kappa shape index (κ3) is 3.11. The number of hydrogen-bond donors (Lipinski definition) is 2. The number of fused-ring (bicyclic) bond motifs is 1. The zero-order chi connectivity index (χ0) is 14.5. The van der Waals surface area contributed by atoms with Gasteiger partial charge in [0.25, 0.3) is 0 Å². The predicted octanol–water partition coefficient (Wildman–Crippen LogP) is 3.67. The number of nitrogens with zero attached hydrogens (tertiary/aromatic N) is 2. The molecule has 21 heavy (non-hydrogen) atoms. The Balaban J connectivity index is 1.79. The Morgan fingerprint density at radius 2 is 1.67 bits per heavy atom. The van der Waals surface area contributed by atoms with Crippen molar-refractivity contribution in [3.8, 4) is 0 Å². The van der Waals surface area contributed by atoms with Crippen LogP contribution in [0.4, 0.5) is 11.6 Å². The van der Waals surface area contributed by atoms with E-state index in [0.717, 1.165) is 29.1 Å². The van der Waals surface area contributed by atoms with Gasteiger partial charge in [0.2, 0.25) is 0 Å². The van der Waals surface area contributed by atoms with Crippen LogP contribution in [0.15, 0.2) is 54.7 Å². The highest BCUT2D eigenvalue weighted by Crippen LogP contribution is 2.17. The molecule has 2 heterocycles. The molecule has 0 radical (unpaired) electrons. The van der Waals surface area contributed by atoms with Crippen molar-refractivity contribution in [3.05, 3.63) is 60.3 Å². The molecule has 0 saturated carbocycles. The van der Waals surface area contributed by atoms with Crippen LogP contribution in [0.25, 0.3) is 10.9 Å². The summed E-state index contributed by atoms with van der Waals surface area (Å²) in [5, 5.41) is 7.73. The van der Waals surface area contributed by atoms with E-state index in [-0.39, 0.29) is 0 Å². The first kappa shape index (κ1) is 13.4. The first-order valence-electron chi connectivity index (χ1n) is 7.14. The molecule has 0 saturated heterocycles. The average molecular weight is 278 g/mol. The molecule has 0 aliphatic heterocycles. The van der Waals surface area contributed by atoms with Crippen LogP contribution in [-0.4, -0.2) is 16.5 Å². The Morgan fingerprint density at radius 1 is 0.905 bits per heavy atom. The smallest absolute Gasteiger partial charge is 0.128 e. The van der Waals surface area contributed by atoms with E-state index in [1.165, 1.54) is 5.56 Å². The van der Waals surface area contributed by atoms with Crippen molar-refractivity contribution in [2.45, 2.75) is 13.5 Å². The average Bonchev–Trinajstić information content (AvgIpc) is 2.53. The predicted molar refractivity (Wildman–Crippen MR) is 87.5 cm³/mol. The van der Waals surface area contributed by atoms with Gasteiger partial charge in [-0.15, -0.1) is 0 Å². The first-order chi connectivity index (χ1) is 10.4. The van der Waals surface area contributed by atoms with Crippen LogP contribution in [0.1, 0.15) is 12.5 Å². The van der Waals surface area contributed by atoms with E-state index in [9.17, 15) is 0 Å². The van der Waals surface area contributed by atoms with Crippen LogP contribution in [0.5, 0.6) is 0 Å². The number of hydrogen-bond acceptors (Lipinski definition) is 4. The number of benzene rings is 1. The minimum Gasteiger partial charge on any atom is -0.370 e. The van der Waals surface area contributed by atoms with Gasteiger partial charge in [-0.1, -0.05) is 30.3 Å². The molecule has 0 atom stereocenters. The van der Waals surface area contributed by atoms with Crippen molar-refractivity contribution in [1.82, 2.24) is 9.97 Å². The summed E-state index contributed by atoms with van der Waals surface area (Å²) < 4.78 is 0. The molecule has 4 nitrogen and oxygen atoms in total. The lowest BCUT2D eigenvalue weighted by Crippen LogP contribution is -2.05. The molecule has 2 N–H and O–H groups in total. The van der Waals surface area contributed by atoms with E-state index in [4.69, 9.17) is 0 Å². The molecule has 0 amide bonds. The van der Waals surface area contributed by atoms with Crippen LogP contribution in [0.2, 0.25) is 0 Å². The normalized spacial score (nSPS) is 10.5. The van der Waals surface area contributed by atoms with Gasteiger partial charge in [0, 0.05) is 24.7 Å². The molecule has 0 fully saturated rings. The minimum atomic E-state index is 0.705. The van der Waals surface area contributed by atoms with Crippen molar-refractivity contribution in [1.29, 1.82) is 0 Å². The second-order valence-corrected chi connectivity index (χ2v) is 4.78. The van der Waals surface area contributed by atoms with Gasteiger partial charge in [-0.05, 0) is 30.7 Å². The molecule has 3 aromatic rings. The first-order valence-corrected chi connectivity index (χ1v) is 7.14. The number of aromatic nitrogens is 2. The number of nitrogens with one attached hydrogen (secondary N) is 2. The second-order valence-electron chi connectivity index (χ2n) is 4.78. The quantitative estimate of drug-likeness (QED) is 0.747. The molecular formula is C17H18N4. The molecular weight excluding hydrogens is 260 g/mol. The third-order valence-electron chi connectivity index (χ3n) is 3.28. The van der Waals surface area contributed by atoms with E-state index >= 15 is 0 Å². The molecule has 3 rings (SSSR count). The van der Waals surface area contributed by atoms with Gasteiger partial charge < -0.3 is 10.6 Å². The molecule has 0 spiro atoms. The Labute approximate surface area is 124 Å². The van der Waals surface area contributed by atoms with Gasteiger partial charge >= 0.3 is 0 Å². The van der Waals surface area contributed by atoms with Gasteiger partial charge in [-0.3, -0.25) is 4.98 Å². The minimum absolute atomic E-state index is 0.705. The lowest BCUT2D eigenvalue weighted by atomic mass is 10.1. The summed E-state index contributed by atoms with van der Waals surface area (Å²) in [6.45, 7) is 3.63. The maximum atomic E-state index is 4.51. The molecule has 0 bridgehead atoms. The number of para-hydroxylation sites is 1. The van der Waals surface area contributed by atoms with Crippen molar-refractivity contribution in [2.75, 3.05) is 17.2 Å². The van der Waals surface area contributed by atoms with Crippen molar-refractivity contribution in [3.63, 3.8) is 0 Å². The molecule has 106 valence electrons. The Kier molecular flexibility index (Phi) is 3.96. The zero-order valence-electron chi connectivity index (χ0n) is 12.0. The lowest BCUT2D eigenvalue weighted by molar-refractivity contribution is 1.10. The maximum Gasteiger partial charge on any atom is 0.128 e. The fourth-order valence-corrected chi connectivity index (χ4v) is 2.31. The zero-order valence-corrected chi connectivity index (χ0v) is 12.0. The highest BCUT2D eigenvalue weighted by atomic mass is 15.1. The van der Waals surface area contributed by atoms with Crippen LogP contribution in [0, 0.1) is 0 Å². The molecule has 0 aliphatic carbocycles. The van der Waals surface area contributed by atoms with Crippen LogP contribution in [0.3, 0.4) is 0 Å². The largest absolute Gasteiger partial charge is 0.370 e. The lowest BCUT2D eigenvalue weighted by Gasteiger charge is -2.09. The summed E-state index contributed by atoms with van der Waals surface area (Å²) in [5.74, 6) is 1.75. The fraction of sp³-hybridized carbons (Fsp3) is 0.176. The number of pyridine rings is 2. The molecule has 4 heteroatoms. The SMILES string of the molecule is CCNc1cccc(NCc2cccc3cccnc23)n1. The van der Waals surface area contributed by atoms with Gasteiger partial charge in [0.05, 0.1) is 5.52 Å². The van der Waals surface area contributed by atoms with Gasteiger partial charge in [0.1, 0.15) is 11.6 Å². The van der Waals surface area contributed by atoms with Crippen LogP contribution in [-0.2, 0) is 6.54 Å². The highest BCUT2D eigenvalue weighted by molar-refractivity contribution is 5.81. The number of rotatable bonds is 5. The summed E-state index contributed by atoms with van der Waals surface area (Å²) in [6.07, 6.45) is 1.83. The van der Waals surface area contributed by atoms with E-state index in [1.807, 2.05) is 30.5 Å². The summed E-state index contributed by atoms with van der Waals surface area (Å²) in [6, 6.07) is 16.2. The third-order valence-corrected chi connectivity index (χ3v) is 3.28.